The fourth-order valence-electron chi connectivity index (χ4n) is 1.88. The number of halogens is 1. The fraction of sp³-hybridized carbons (Fsp3) is 0.0714. The topological polar surface area (TPSA) is 131 Å². The molecule has 124 valence electrons. The van der Waals surface area contributed by atoms with E-state index in [1.165, 1.54) is 12.1 Å². The van der Waals surface area contributed by atoms with E-state index in [0.717, 1.165) is 16.6 Å². The lowest BCUT2D eigenvalue weighted by Gasteiger charge is -2.06. The highest BCUT2D eigenvalue weighted by Crippen LogP contribution is 2.29. The Balaban J connectivity index is 2.35. The van der Waals surface area contributed by atoms with Crippen LogP contribution in [0.5, 0.6) is 5.75 Å². The Bertz CT molecular complexity index is 853. The summed E-state index contributed by atoms with van der Waals surface area (Å²) in [6.45, 7) is 1.60. The number of phenolic OH excluding ortho intramolecular Hbond substituents is 1. The van der Waals surface area contributed by atoms with Gasteiger partial charge in [0.15, 0.2) is 0 Å². The molecule has 0 amide bonds. The third-order valence-corrected chi connectivity index (χ3v) is 3.57. The number of aromatic hydroxyl groups is 1. The summed E-state index contributed by atoms with van der Waals surface area (Å²) in [5.41, 5.74) is 2.45. The van der Waals surface area contributed by atoms with Crippen molar-refractivity contribution in [3.8, 4) is 5.75 Å². The van der Waals surface area contributed by atoms with Gasteiger partial charge in [-0.3, -0.25) is 25.7 Å². The molecule has 0 radical (unpaired) electrons. The van der Waals surface area contributed by atoms with Gasteiger partial charge in [0.1, 0.15) is 11.4 Å². The van der Waals surface area contributed by atoms with E-state index in [0.29, 0.717) is 11.3 Å². The minimum absolute atomic E-state index is 0.000510. The van der Waals surface area contributed by atoms with Gasteiger partial charge < -0.3 is 5.11 Å². The summed E-state index contributed by atoms with van der Waals surface area (Å²) >= 11 is 3.27. The molecule has 0 fully saturated rings. The number of hydrazone groups is 1. The second kappa shape index (κ2) is 7.04. The zero-order valence-electron chi connectivity index (χ0n) is 12.3. The molecule has 2 N–H and O–H groups in total. The molecule has 0 aliphatic carbocycles. The Kier molecular flexibility index (Phi) is 5.09. The third kappa shape index (κ3) is 3.84. The quantitative estimate of drug-likeness (QED) is 0.450. The molecule has 0 bridgehead atoms. The third-order valence-electron chi connectivity index (χ3n) is 3.08. The van der Waals surface area contributed by atoms with Crippen molar-refractivity contribution >= 4 is 38.7 Å². The van der Waals surface area contributed by atoms with Crippen LogP contribution in [0.15, 0.2) is 46.0 Å². The minimum atomic E-state index is -0.739. The van der Waals surface area contributed by atoms with E-state index in [-0.39, 0.29) is 11.4 Å². The van der Waals surface area contributed by atoms with Crippen LogP contribution in [0.4, 0.5) is 17.1 Å². The highest BCUT2D eigenvalue weighted by atomic mass is 79.9. The van der Waals surface area contributed by atoms with Crippen molar-refractivity contribution in [2.24, 2.45) is 5.10 Å². The Morgan fingerprint density at radius 1 is 1.17 bits per heavy atom. The van der Waals surface area contributed by atoms with Crippen molar-refractivity contribution in [2.75, 3.05) is 5.43 Å². The van der Waals surface area contributed by atoms with E-state index < -0.39 is 21.2 Å². The lowest BCUT2D eigenvalue weighted by molar-refractivity contribution is -0.393. The fourth-order valence-corrected chi connectivity index (χ4v) is 2.24. The van der Waals surface area contributed by atoms with Gasteiger partial charge >= 0.3 is 5.69 Å². The molecule has 2 rings (SSSR count). The highest BCUT2D eigenvalue weighted by molar-refractivity contribution is 9.10. The number of nitrogens with one attached hydrogen (secondary N) is 1. The first-order chi connectivity index (χ1) is 11.3. The first-order valence-corrected chi connectivity index (χ1v) is 7.31. The van der Waals surface area contributed by atoms with Crippen molar-refractivity contribution in [2.45, 2.75) is 6.92 Å². The summed E-state index contributed by atoms with van der Waals surface area (Å²) < 4.78 is 0.728. The van der Waals surface area contributed by atoms with Gasteiger partial charge in [-0.2, -0.15) is 5.10 Å². The summed E-state index contributed by atoms with van der Waals surface area (Å²) in [4.78, 5) is 20.3. The molecule has 9 nitrogen and oxygen atoms in total. The molecule has 10 heteroatoms. The molecule has 0 heterocycles. The largest absolute Gasteiger partial charge is 0.507 e. The van der Waals surface area contributed by atoms with Gasteiger partial charge in [-0.1, -0.05) is 15.9 Å². The van der Waals surface area contributed by atoms with Gasteiger partial charge in [0.2, 0.25) is 0 Å². The van der Waals surface area contributed by atoms with Gasteiger partial charge in [0.25, 0.3) is 5.69 Å². The average Bonchev–Trinajstić information content (AvgIpc) is 2.54. The second-order valence-electron chi connectivity index (χ2n) is 4.69. The first kappa shape index (κ1) is 17.3. The molecule has 0 saturated carbocycles. The summed E-state index contributed by atoms with van der Waals surface area (Å²) in [6.07, 6.45) is 0. The maximum Gasteiger partial charge on any atom is 0.301 e. The normalized spacial score (nSPS) is 11.2. The Morgan fingerprint density at radius 3 is 2.50 bits per heavy atom. The lowest BCUT2D eigenvalue weighted by atomic mass is 10.1. The first-order valence-electron chi connectivity index (χ1n) is 6.51. The van der Waals surface area contributed by atoms with Crippen molar-refractivity contribution in [3.63, 3.8) is 0 Å². The van der Waals surface area contributed by atoms with Crippen molar-refractivity contribution in [1.29, 1.82) is 0 Å². The van der Waals surface area contributed by atoms with Crippen LogP contribution in [0.3, 0.4) is 0 Å². The van der Waals surface area contributed by atoms with E-state index in [4.69, 9.17) is 0 Å². The Hall–Kier alpha value is -3.01. The lowest BCUT2D eigenvalue weighted by Crippen LogP contribution is -2.03. The molecule has 2 aromatic rings. The second-order valence-corrected chi connectivity index (χ2v) is 5.60. The summed E-state index contributed by atoms with van der Waals surface area (Å²) in [6, 6.07) is 7.96. The van der Waals surface area contributed by atoms with Gasteiger partial charge in [0.05, 0.1) is 21.6 Å². The van der Waals surface area contributed by atoms with Gasteiger partial charge in [-0.15, -0.1) is 0 Å². The predicted molar refractivity (Wildman–Crippen MR) is 91.4 cm³/mol. The standard InChI is InChI=1S/C14H11BrN4O5/c1-8(11-6-9(15)2-5-14(11)20)16-17-12-4-3-10(18(21)22)7-13(12)19(23)24/h2-7,17,20H,1H3/b16-8+. The number of benzene rings is 2. The number of hydrogen-bond acceptors (Lipinski definition) is 7. The van der Waals surface area contributed by atoms with Crippen LogP contribution < -0.4 is 5.43 Å². The number of nitro benzene ring substituents is 2. The van der Waals surface area contributed by atoms with E-state index in [1.807, 2.05) is 0 Å². The molecule has 0 aromatic heterocycles. The molecule has 0 atom stereocenters. The van der Waals surface area contributed by atoms with Gasteiger partial charge in [-0.25, -0.2) is 0 Å². The number of nitrogens with zero attached hydrogens (tertiary/aromatic N) is 3. The van der Waals surface area contributed by atoms with Gasteiger partial charge in [-0.05, 0) is 31.2 Å². The monoisotopic (exact) mass is 394 g/mol. The Labute approximate surface area is 144 Å². The predicted octanol–water partition coefficient (Wildman–Crippen LogP) is 3.81. The number of phenols is 1. The number of non-ortho nitro benzene ring substituents is 1. The van der Waals surface area contributed by atoms with Crippen molar-refractivity contribution < 1.29 is 15.0 Å². The molecule has 0 spiro atoms. The molecular weight excluding hydrogens is 384 g/mol. The molecule has 24 heavy (non-hydrogen) atoms. The zero-order valence-corrected chi connectivity index (χ0v) is 13.8. The Morgan fingerprint density at radius 2 is 1.88 bits per heavy atom. The van der Waals surface area contributed by atoms with E-state index in [1.54, 1.807) is 19.1 Å². The average molecular weight is 395 g/mol. The SMILES string of the molecule is C/C(=N\Nc1ccc([N+](=O)[O-])cc1[N+](=O)[O-])c1cc(Br)ccc1O. The molecule has 0 aliphatic rings. The van der Waals surface area contributed by atoms with Crippen LogP contribution in [0.1, 0.15) is 12.5 Å². The van der Waals surface area contributed by atoms with E-state index >= 15 is 0 Å². The highest BCUT2D eigenvalue weighted by Gasteiger charge is 2.19. The van der Waals surface area contributed by atoms with Crippen LogP contribution in [0.25, 0.3) is 0 Å². The van der Waals surface area contributed by atoms with Gasteiger partial charge in [0, 0.05) is 16.1 Å². The summed E-state index contributed by atoms with van der Waals surface area (Å²) in [5.74, 6) is -0.000510. The van der Waals surface area contributed by atoms with Crippen LogP contribution in [0.2, 0.25) is 0 Å². The van der Waals surface area contributed by atoms with Crippen molar-refractivity contribution in [3.05, 3.63) is 66.7 Å². The molecular formula is C14H11BrN4O5. The minimum Gasteiger partial charge on any atom is -0.507 e. The molecule has 0 unspecified atom stereocenters. The smallest absolute Gasteiger partial charge is 0.301 e. The zero-order chi connectivity index (χ0) is 17.9. The molecule has 0 aliphatic heterocycles. The molecule has 0 saturated heterocycles. The number of rotatable bonds is 5. The van der Waals surface area contributed by atoms with Crippen molar-refractivity contribution in [1.82, 2.24) is 0 Å². The number of anilines is 1. The van der Waals surface area contributed by atoms with Crippen LogP contribution in [0, 0.1) is 20.2 Å². The van der Waals surface area contributed by atoms with Crippen LogP contribution in [-0.2, 0) is 0 Å². The van der Waals surface area contributed by atoms with E-state index in [2.05, 4.69) is 26.5 Å². The molecule has 2 aromatic carbocycles. The summed E-state index contributed by atoms with van der Waals surface area (Å²) in [7, 11) is 0. The van der Waals surface area contributed by atoms with Crippen LogP contribution >= 0.6 is 15.9 Å². The summed E-state index contributed by atoms with van der Waals surface area (Å²) in [5, 5.41) is 35.6. The van der Waals surface area contributed by atoms with E-state index in [9.17, 15) is 25.3 Å². The number of nitro groups is 2. The maximum atomic E-state index is 11.1. The van der Waals surface area contributed by atoms with Crippen LogP contribution in [-0.4, -0.2) is 20.7 Å². The maximum absolute atomic E-state index is 11.1. The number of hydrogen-bond donors (Lipinski definition) is 2.